The molecule has 0 saturated carbocycles. The van der Waals surface area contributed by atoms with E-state index in [1.54, 1.807) is 6.07 Å². The van der Waals surface area contributed by atoms with Crippen LogP contribution < -0.4 is 5.69 Å². The highest BCUT2D eigenvalue weighted by atomic mass is 79.9. The fourth-order valence-corrected chi connectivity index (χ4v) is 1.89. The monoisotopic (exact) mass is 329 g/mol. The highest BCUT2D eigenvalue weighted by Crippen LogP contribution is 2.17. The van der Waals surface area contributed by atoms with Crippen molar-refractivity contribution in [3.8, 4) is 5.69 Å². The zero-order valence-corrected chi connectivity index (χ0v) is 11.6. The van der Waals surface area contributed by atoms with E-state index in [9.17, 15) is 13.6 Å². The summed E-state index contributed by atoms with van der Waals surface area (Å²) in [5.74, 6) is -0.547. The second-order valence-corrected chi connectivity index (χ2v) is 4.91. The van der Waals surface area contributed by atoms with Gasteiger partial charge in [0, 0.05) is 4.47 Å². The topological polar surface area (TPSA) is 39.8 Å². The molecule has 7 heteroatoms. The Bertz CT molecular complexity index is 691. The minimum Gasteiger partial charge on any atom is -0.247 e. The second kappa shape index (κ2) is 5.48. The smallest absolute Gasteiger partial charge is 0.247 e. The minimum atomic E-state index is -0.547. The van der Waals surface area contributed by atoms with Gasteiger partial charge in [-0.15, -0.1) is 0 Å². The predicted molar refractivity (Wildman–Crippen MR) is 70.3 cm³/mol. The molecule has 19 heavy (non-hydrogen) atoms. The van der Waals surface area contributed by atoms with Crippen molar-refractivity contribution in [2.45, 2.75) is 13.5 Å². The third-order valence-electron chi connectivity index (χ3n) is 2.49. The number of rotatable bonds is 3. The third kappa shape index (κ3) is 2.81. The van der Waals surface area contributed by atoms with Gasteiger partial charge in [0.2, 0.25) is 0 Å². The Balaban J connectivity index is 2.45. The first kappa shape index (κ1) is 13.7. The van der Waals surface area contributed by atoms with Crippen LogP contribution >= 0.6 is 15.9 Å². The van der Waals surface area contributed by atoms with Crippen molar-refractivity contribution in [3.05, 3.63) is 57.2 Å². The van der Waals surface area contributed by atoms with E-state index in [-0.39, 0.29) is 12.2 Å². The summed E-state index contributed by atoms with van der Waals surface area (Å²) in [5.41, 5.74) is -0.0765. The Morgan fingerprint density at radius 3 is 2.89 bits per heavy atom. The number of aromatic nitrogens is 3. The van der Waals surface area contributed by atoms with Crippen molar-refractivity contribution in [1.29, 1.82) is 0 Å². The number of hydrogen-bond acceptors (Lipinski definition) is 2. The highest BCUT2D eigenvalue weighted by molar-refractivity contribution is 9.10. The molecule has 0 N–H and O–H groups in total. The lowest BCUT2D eigenvalue weighted by Gasteiger charge is -2.02. The van der Waals surface area contributed by atoms with Gasteiger partial charge in [0.05, 0.1) is 18.6 Å². The van der Waals surface area contributed by atoms with E-state index in [2.05, 4.69) is 21.0 Å². The summed E-state index contributed by atoms with van der Waals surface area (Å²) in [7, 11) is 0. The standard InChI is InChI=1S/C12H10BrF2N3O/c1-8(5-14)6-18-12(19)17(7-16-18)11-3-2-9(13)4-10(11)15/h2-5,7H,6H2,1H3/b8-5+. The van der Waals surface area contributed by atoms with Gasteiger partial charge in [-0.05, 0) is 30.7 Å². The number of halogens is 3. The van der Waals surface area contributed by atoms with Crippen LogP contribution in [-0.2, 0) is 6.54 Å². The molecule has 2 aromatic rings. The van der Waals surface area contributed by atoms with E-state index in [0.29, 0.717) is 16.4 Å². The first-order valence-electron chi connectivity index (χ1n) is 5.38. The molecule has 0 radical (unpaired) electrons. The molecule has 1 aromatic heterocycles. The lowest BCUT2D eigenvalue weighted by Crippen LogP contribution is -2.24. The molecular formula is C12H10BrF2N3O. The van der Waals surface area contributed by atoms with Crippen molar-refractivity contribution in [2.75, 3.05) is 0 Å². The maximum absolute atomic E-state index is 13.8. The third-order valence-corrected chi connectivity index (χ3v) is 2.98. The lowest BCUT2D eigenvalue weighted by atomic mass is 10.3. The molecule has 0 bridgehead atoms. The van der Waals surface area contributed by atoms with Crippen molar-refractivity contribution in [2.24, 2.45) is 0 Å². The fourth-order valence-electron chi connectivity index (χ4n) is 1.56. The van der Waals surface area contributed by atoms with E-state index in [4.69, 9.17) is 0 Å². The summed E-state index contributed by atoms with van der Waals surface area (Å²) in [5, 5.41) is 3.82. The molecular weight excluding hydrogens is 320 g/mol. The summed E-state index contributed by atoms with van der Waals surface area (Å²) < 4.78 is 28.7. The zero-order valence-electron chi connectivity index (χ0n) is 9.98. The van der Waals surface area contributed by atoms with E-state index >= 15 is 0 Å². The average molecular weight is 330 g/mol. The van der Waals surface area contributed by atoms with Gasteiger partial charge in [-0.25, -0.2) is 22.8 Å². The zero-order chi connectivity index (χ0) is 14.0. The maximum Gasteiger partial charge on any atom is 0.350 e. The van der Waals surface area contributed by atoms with Crippen LogP contribution in [0.5, 0.6) is 0 Å². The van der Waals surface area contributed by atoms with Gasteiger partial charge in [-0.3, -0.25) is 0 Å². The summed E-state index contributed by atoms with van der Waals surface area (Å²) >= 11 is 3.14. The van der Waals surface area contributed by atoms with Gasteiger partial charge in [0.15, 0.2) is 0 Å². The molecule has 0 fully saturated rings. The maximum atomic E-state index is 13.8. The molecule has 0 spiro atoms. The van der Waals surface area contributed by atoms with Gasteiger partial charge in [-0.1, -0.05) is 15.9 Å². The van der Waals surface area contributed by atoms with Crippen molar-refractivity contribution in [1.82, 2.24) is 14.3 Å². The fraction of sp³-hybridized carbons (Fsp3) is 0.167. The highest BCUT2D eigenvalue weighted by Gasteiger charge is 2.11. The molecule has 100 valence electrons. The van der Waals surface area contributed by atoms with Crippen LogP contribution in [0.2, 0.25) is 0 Å². The summed E-state index contributed by atoms with van der Waals surface area (Å²) in [4.78, 5) is 12.0. The SMILES string of the molecule is C/C(=C\F)Cn1ncn(-c2ccc(Br)cc2F)c1=O. The molecule has 1 aromatic carbocycles. The Morgan fingerprint density at radius 1 is 1.53 bits per heavy atom. The van der Waals surface area contributed by atoms with Crippen LogP contribution in [0.25, 0.3) is 5.69 Å². The average Bonchev–Trinajstić information content (AvgIpc) is 2.71. The minimum absolute atomic E-state index is 0.0283. The Kier molecular flexibility index (Phi) is 3.94. The van der Waals surface area contributed by atoms with Crippen LogP contribution in [-0.4, -0.2) is 14.3 Å². The van der Waals surface area contributed by atoms with Crippen LogP contribution in [0.15, 0.2) is 45.7 Å². The van der Waals surface area contributed by atoms with Gasteiger partial charge < -0.3 is 0 Å². The number of nitrogens with zero attached hydrogens (tertiary/aromatic N) is 3. The summed E-state index contributed by atoms with van der Waals surface area (Å²) in [6.07, 6.45) is 1.62. The normalized spacial score (nSPS) is 11.9. The van der Waals surface area contributed by atoms with Gasteiger partial charge in [0.25, 0.3) is 0 Å². The molecule has 2 rings (SSSR count). The molecule has 0 aliphatic rings. The van der Waals surface area contributed by atoms with E-state index < -0.39 is 11.5 Å². The summed E-state index contributed by atoms with van der Waals surface area (Å²) in [6.45, 7) is 1.56. The quantitative estimate of drug-likeness (QED) is 0.868. The summed E-state index contributed by atoms with van der Waals surface area (Å²) in [6, 6.07) is 4.34. The van der Waals surface area contributed by atoms with Gasteiger partial charge in [0.1, 0.15) is 12.1 Å². The molecule has 0 unspecified atom stereocenters. The van der Waals surface area contributed by atoms with Crippen molar-refractivity contribution >= 4 is 15.9 Å². The molecule has 0 atom stereocenters. The van der Waals surface area contributed by atoms with E-state index in [0.717, 1.165) is 9.25 Å². The molecule has 4 nitrogen and oxygen atoms in total. The predicted octanol–water partition coefficient (Wildman–Crippen LogP) is 2.81. The van der Waals surface area contributed by atoms with Crippen molar-refractivity contribution < 1.29 is 8.78 Å². The van der Waals surface area contributed by atoms with Crippen LogP contribution in [0.1, 0.15) is 6.92 Å². The molecule has 1 heterocycles. The largest absolute Gasteiger partial charge is 0.350 e. The van der Waals surface area contributed by atoms with Crippen molar-refractivity contribution in [3.63, 3.8) is 0 Å². The molecule has 0 aliphatic heterocycles. The Morgan fingerprint density at radius 2 is 2.26 bits per heavy atom. The van der Waals surface area contributed by atoms with Crippen LogP contribution in [0.4, 0.5) is 8.78 Å². The van der Waals surface area contributed by atoms with E-state index in [1.165, 1.54) is 25.4 Å². The first-order chi connectivity index (χ1) is 9.02. The molecule has 0 amide bonds. The van der Waals surface area contributed by atoms with Crippen LogP contribution in [0, 0.1) is 5.82 Å². The lowest BCUT2D eigenvalue weighted by molar-refractivity contribution is 0.605. The van der Waals surface area contributed by atoms with Gasteiger partial charge in [-0.2, -0.15) is 5.10 Å². The number of benzene rings is 1. The Labute approximate surface area is 116 Å². The first-order valence-corrected chi connectivity index (χ1v) is 6.18. The molecule has 0 saturated heterocycles. The van der Waals surface area contributed by atoms with Gasteiger partial charge >= 0.3 is 5.69 Å². The number of hydrogen-bond donors (Lipinski definition) is 0. The second-order valence-electron chi connectivity index (χ2n) is 3.99. The Hall–Kier alpha value is -1.76. The van der Waals surface area contributed by atoms with E-state index in [1.807, 2.05) is 0 Å². The van der Waals surface area contributed by atoms with Crippen LogP contribution in [0.3, 0.4) is 0 Å². The molecule has 0 aliphatic carbocycles. The number of allylic oxidation sites excluding steroid dienone is 1.